The fourth-order valence-electron chi connectivity index (χ4n) is 3.30. The molecule has 1 N–H and O–H groups in total. The molecule has 1 aliphatic heterocycles. The van der Waals surface area contributed by atoms with E-state index in [0.717, 1.165) is 56.3 Å². The first-order valence-corrected chi connectivity index (χ1v) is 7.69. The summed E-state index contributed by atoms with van der Waals surface area (Å²) in [6.07, 6.45) is 7.02. The second kappa shape index (κ2) is 5.87. The number of fused-ring (bicyclic) bond motifs is 1. The summed E-state index contributed by atoms with van der Waals surface area (Å²) in [5, 5.41) is 13.3. The minimum atomic E-state index is -0.933. The number of carbonyl (C=O) groups excluding carboxylic acids is 1. The monoisotopic (exact) mass is 292 g/mol. The SMILES string of the molecule is O=C(O)C1CCCCN1C(=O)c1noc2c1CCCCC2. The number of aromatic nitrogens is 1. The molecule has 0 bridgehead atoms. The normalized spacial score (nSPS) is 22.5. The maximum atomic E-state index is 12.7. The van der Waals surface area contributed by atoms with E-state index < -0.39 is 12.0 Å². The molecule has 0 spiro atoms. The maximum Gasteiger partial charge on any atom is 0.326 e. The summed E-state index contributed by atoms with van der Waals surface area (Å²) in [7, 11) is 0. The summed E-state index contributed by atoms with van der Waals surface area (Å²) in [4.78, 5) is 25.5. The standard InChI is InChI=1S/C15H20N2O4/c18-14(17-9-5-4-7-11(17)15(19)20)13-10-6-2-1-3-8-12(10)21-16-13/h11H,1-9H2,(H,19,20). The van der Waals surface area contributed by atoms with Crippen molar-refractivity contribution in [3.05, 3.63) is 17.0 Å². The lowest BCUT2D eigenvalue weighted by molar-refractivity contribution is -0.143. The Hall–Kier alpha value is -1.85. The average molecular weight is 292 g/mol. The highest BCUT2D eigenvalue weighted by Gasteiger charge is 2.35. The van der Waals surface area contributed by atoms with Crippen molar-refractivity contribution in [3.8, 4) is 0 Å². The summed E-state index contributed by atoms with van der Waals surface area (Å²) in [6.45, 7) is 0.484. The summed E-state index contributed by atoms with van der Waals surface area (Å²) in [5.74, 6) is -0.411. The van der Waals surface area contributed by atoms with Gasteiger partial charge in [-0.2, -0.15) is 0 Å². The van der Waals surface area contributed by atoms with Gasteiger partial charge in [-0.05, 0) is 38.5 Å². The van der Waals surface area contributed by atoms with Crippen LogP contribution in [0.4, 0.5) is 0 Å². The van der Waals surface area contributed by atoms with Gasteiger partial charge in [0.1, 0.15) is 11.8 Å². The molecule has 2 aliphatic rings. The molecule has 0 radical (unpaired) electrons. The number of carbonyl (C=O) groups is 2. The van der Waals surface area contributed by atoms with Crippen LogP contribution in [0.2, 0.25) is 0 Å². The number of rotatable bonds is 2. The van der Waals surface area contributed by atoms with Gasteiger partial charge in [0, 0.05) is 18.5 Å². The maximum absolute atomic E-state index is 12.7. The molecule has 3 rings (SSSR count). The van der Waals surface area contributed by atoms with Crippen LogP contribution in [0.25, 0.3) is 0 Å². The van der Waals surface area contributed by atoms with Crippen molar-refractivity contribution in [3.63, 3.8) is 0 Å². The Balaban J connectivity index is 1.87. The molecule has 114 valence electrons. The number of carboxylic acids is 1. The molecule has 6 nitrogen and oxygen atoms in total. The molecular formula is C15H20N2O4. The van der Waals surface area contributed by atoms with Gasteiger partial charge in [-0.15, -0.1) is 0 Å². The van der Waals surface area contributed by atoms with Gasteiger partial charge in [-0.25, -0.2) is 4.79 Å². The van der Waals surface area contributed by atoms with E-state index in [-0.39, 0.29) is 5.91 Å². The molecule has 6 heteroatoms. The van der Waals surface area contributed by atoms with E-state index in [0.29, 0.717) is 18.7 Å². The Morgan fingerprint density at radius 2 is 1.95 bits per heavy atom. The summed E-state index contributed by atoms with van der Waals surface area (Å²) < 4.78 is 5.33. The Morgan fingerprint density at radius 1 is 1.14 bits per heavy atom. The van der Waals surface area contributed by atoms with Crippen LogP contribution in [-0.4, -0.2) is 39.6 Å². The largest absolute Gasteiger partial charge is 0.480 e. The molecule has 0 aromatic carbocycles. The van der Waals surface area contributed by atoms with Crippen molar-refractivity contribution in [2.45, 2.75) is 57.4 Å². The molecule has 1 aromatic heterocycles. The molecule has 1 aromatic rings. The van der Waals surface area contributed by atoms with Crippen LogP contribution in [0, 0.1) is 0 Å². The first kappa shape index (κ1) is 14.1. The Kier molecular flexibility index (Phi) is 3.94. The lowest BCUT2D eigenvalue weighted by Crippen LogP contribution is -2.48. The van der Waals surface area contributed by atoms with Crippen LogP contribution in [0.1, 0.15) is 60.3 Å². The van der Waals surface area contributed by atoms with Crippen molar-refractivity contribution < 1.29 is 19.2 Å². The van der Waals surface area contributed by atoms with Gasteiger partial charge in [0.05, 0.1) is 0 Å². The molecular weight excluding hydrogens is 272 g/mol. The number of hydrogen-bond acceptors (Lipinski definition) is 4. The Labute approximate surface area is 123 Å². The van der Waals surface area contributed by atoms with Crippen LogP contribution in [0.3, 0.4) is 0 Å². The molecule has 0 saturated carbocycles. The highest BCUT2D eigenvalue weighted by Crippen LogP contribution is 2.26. The van der Waals surface area contributed by atoms with Gasteiger partial charge < -0.3 is 14.5 Å². The van der Waals surface area contributed by atoms with E-state index in [1.54, 1.807) is 0 Å². The molecule has 1 aliphatic carbocycles. The number of nitrogens with zero attached hydrogens (tertiary/aromatic N) is 2. The van der Waals surface area contributed by atoms with Crippen molar-refractivity contribution in [1.29, 1.82) is 0 Å². The van der Waals surface area contributed by atoms with E-state index in [9.17, 15) is 14.7 Å². The number of aryl methyl sites for hydroxylation is 1. The second-order valence-electron chi connectivity index (χ2n) is 5.84. The highest BCUT2D eigenvalue weighted by molar-refractivity contribution is 5.96. The summed E-state index contributed by atoms with van der Waals surface area (Å²) in [5.41, 5.74) is 1.23. The lowest BCUT2D eigenvalue weighted by Gasteiger charge is -2.32. The molecule has 21 heavy (non-hydrogen) atoms. The number of hydrogen-bond donors (Lipinski definition) is 1. The van der Waals surface area contributed by atoms with E-state index in [1.807, 2.05) is 0 Å². The topological polar surface area (TPSA) is 83.6 Å². The predicted molar refractivity (Wildman–Crippen MR) is 74.1 cm³/mol. The number of carboxylic acid groups (broad SMARTS) is 1. The number of likely N-dealkylation sites (tertiary alicyclic amines) is 1. The van der Waals surface area contributed by atoms with Gasteiger partial charge in [0.25, 0.3) is 5.91 Å². The van der Waals surface area contributed by atoms with E-state index >= 15 is 0 Å². The molecule has 1 atom stereocenters. The van der Waals surface area contributed by atoms with Crippen molar-refractivity contribution in [2.24, 2.45) is 0 Å². The van der Waals surface area contributed by atoms with Crippen LogP contribution in [-0.2, 0) is 17.6 Å². The summed E-state index contributed by atoms with van der Waals surface area (Å²) in [6, 6.07) is -0.732. The third-order valence-electron chi connectivity index (χ3n) is 4.45. The first-order chi connectivity index (χ1) is 10.2. The lowest BCUT2D eigenvalue weighted by atomic mass is 10.0. The van der Waals surface area contributed by atoms with E-state index in [1.165, 1.54) is 4.90 Å². The zero-order valence-corrected chi connectivity index (χ0v) is 12.0. The van der Waals surface area contributed by atoms with Gasteiger partial charge in [-0.3, -0.25) is 4.79 Å². The predicted octanol–water partition coefficient (Wildman–Crippen LogP) is 2.02. The minimum absolute atomic E-state index is 0.283. The number of amides is 1. The molecule has 1 fully saturated rings. The first-order valence-electron chi connectivity index (χ1n) is 7.69. The van der Waals surface area contributed by atoms with Crippen LogP contribution >= 0.6 is 0 Å². The summed E-state index contributed by atoms with van der Waals surface area (Å²) >= 11 is 0. The smallest absolute Gasteiger partial charge is 0.326 e. The minimum Gasteiger partial charge on any atom is -0.480 e. The molecule has 1 saturated heterocycles. The average Bonchev–Trinajstić information content (AvgIpc) is 2.75. The third kappa shape index (κ3) is 2.66. The Bertz CT molecular complexity index is 552. The van der Waals surface area contributed by atoms with Gasteiger partial charge >= 0.3 is 5.97 Å². The highest BCUT2D eigenvalue weighted by atomic mass is 16.5. The third-order valence-corrected chi connectivity index (χ3v) is 4.45. The van der Waals surface area contributed by atoms with Crippen LogP contribution in [0.15, 0.2) is 4.52 Å². The fraction of sp³-hybridized carbons (Fsp3) is 0.667. The number of piperidine rings is 1. The van der Waals surface area contributed by atoms with Crippen molar-refractivity contribution in [2.75, 3.05) is 6.54 Å². The second-order valence-corrected chi connectivity index (χ2v) is 5.84. The van der Waals surface area contributed by atoms with Gasteiger partial charge in [0.2, 0.25) is 0 Å². The van der Waals surface area contributed by atoms with Crippen LogP contribution in [0.5, 0.6) is 0 Å². The van der Waals surface area contributed by atoms with Crippen molar-refractivity contribution >= 4 is 11.9 Å². The van der Waals surface area contributed by atoms with Gasteiger partial charge in [-0.1, -0.05) is 11.6 Å². The van der Waals surface area contributed by atoms with Crippen molar-refractivity contribution in [1.82, 2.24) is 10.1 Å². The molecule has 1 amide bonds. The zero-order chi connectivity index (χ0) is 14.8. The van der Waals surface area contributed by atoms with E-state index in [4.69, 9.17) is 4.52 Å². The van der Waals surface area contributed by atoms with E-state index in [2.05, 4.69) is 5.16 Å². The quantitative estimate of drug-likeness (QED) is 0.843. The number of aliphatic carboxylic acids is 1. The zero-order valence-electron chi connectivity index (χ0n) is 12.0. The molecule has 1 unspecified atom stereocenters. The fourth-order valence-corrected chi connectivity index (χ4v) is 3.30. The Morgan fingerprint density at radius 3 is 2.76 bits per heavy atom. The van der Waals surface area contributed by atoms with Gasteiger partial charge in [0.15, 0.2) is 5.69 Å². The van der Waals surface area contributed by atoms with Crippen LogP contribution < -0.4 is 0 Å². The molecule has 2 heterocycles.